The van der Waals surface area contributed by atoms with Crippen molar-refractivity contribution in [2.24, 2.45) is 4.99 Å². The molecule has 1 unspecified atom stereocenters. The van der Waals surface area contributed by atoms with Crippen LogP contribution in [0.5, 0.6) is 5.75 Å². The van der Waals surface area contributed by atoms with Crippen molar-refractivity contribution in [3.8, 4) is 5.75 Å². The molecule has 1 aromatic rings. The van der Waals surface area contributed by atoms with E-state index in [0.29, 0.717) is 33.0 Å². The predicted octanol–water partition coefficient (Wildman–Crippen LogP) is 3.13. The third kappa shape index (κ3) is 8.09. The predicted molar refractivity (Wildman–Crippen MR) is 116 cm³/mol. The fourth-order valence-electron chi connectivity index (χ4n) is 2.66. The molecule has 0 aromatic heterocycles. The zero-order valence-corrected chi connectivity index (χ0v) is 18.2. The molecule has 2 N–H and O–H groups in total. The van der Waals surface area contributed by atoms with Gasteiger partial charge in [-0.1, -0.05) is 31.5 Å². The van der Waals surface area contributed by atoms with E-state index in [9.17, 15) is 0 Å². The Bertz CT molecular complexity index is 529. The van der Waals surface area contributed by atoms with E-state index in [1.165, 1.54) is 5.56 Å². The van der Waals surface area contributed by atoms with Gasteiger partial charge in [-0.3, -0.25) is 4.99 Å². The number of guanidine groups is 1. The largest absolute Gasteiger partial charge is 0.493 e. The highest BCUT2D eigenvalue weighted by Crippen LogP contribution is 2.31. The van der Waals surface area contributed by atoms with Gasteiger partial charge in [-0.25, -0.2) is 0 Å². The van der Waals surface area contributed by atoms with Crippen molar-refractivity contribution in [3.63, 3.8) is 0 Å². The van der Waals surface area contributed by atoms with Crippen LogP contribution in [-0.4, -0.2) is 52.6 Å². The van der Waals surface area contributed by atoms with E-state index < -0.39 is 0 Å². The van der Waals surface area contributed by atoms with Crippen LogP contribution in [0.25, 0.3) is 0 Å². The van der Waals surface area contributed by atoms with E-state index in [1.54, 1.807) is 7.05 Å². The second-order valence-corrected chi connectivity index (χ2v) is 5.95. The minimum absolute atomic E-state index is 0. The number of para-hydroxylation sites is 1. The van der Waals surface area contributed by atoms with Crippen LogP contribution in [0.15, 0.2) is 29.3 Å². The second kappa shape index (κ2) is 14.1. The van der Waals surface area contributed by atoms with Crippen molar-refractivity contribution >= 4 is 29.9 Å². The standard InChI is InChI=1S/C19H31N3O3.HI/c1-3-4-11-23-14-15-24-13-10-21-19(20-2)22-17-9-12-25-18-8-6-5-7-16(17)18;/h5-8,17H,3-4,9-15H2,1-2H3,(H2,20,21,22);1H. The molecule has 1 aliphatic heterocycles. The Morgan fingerprint density at radius 3 is 2.73 bits per heavy atom. The summed E-state index contributed by atoms with van der Waals surface area (Å²) >= 11 is 0. The molecule has 7 heteroatoms. The molecule has 0 saturated heterocycles. The summed E-state index contributed by atoms with van der Waals surface area (Å²) in [4.78, 5) is 4.30. The monoisotopic (exact) mass is 477 g/mol. The molecule has 0 spiro atoms. The normalized spacial score (nSPS) is 16.2. The molecular weight excluding hydrogens is 445 g/mol. The van der Waals surface area contributed by atoms with E-state index in [2.05, 4.69) is 28.6 Å². The van der Waals surface area contributed by atoms with Crippen LogP contribution in [-0.2, 0) is 9.47 Å². The molecule has 6 nitrogen and oxygen atoms in total. The highest BCUT2D eigenvalue weighted by molar-refractivity contribution is 14.0. The number of rotatable bonds is 10. The number of ether oxygens (including phenoxy) is 3. The second-order valence-electron chi connectivity index (χ2n) is 5.95. The number of nitrogens with one attached hydrogen (secondary N) is 2. The fraction of sp³-hybridized carbons (Fsp3) is 0.632. The number of benzene rings is 1. The van der Waals surface area contributed by atoms with E-state index in [-0.39, 0.29) is 30.0 Å². The van der Waals surface area contributed by atoms with Gasteiger partial charge in [0, 0.05) is 32.2 Å². The molecule has 26 heavy (non-hydrogen) atoms. The van der Waals surface area contributed by atoms with Gasteiger partial charge >= 0.3 is 0 Å². The van der Waals surface area contributed by atoms with E-state index >= 15 is 0 Å². The summed E-state index contributed by atoms with van der Waals surface area (Å²) in [5.74, 6) is 1.73. The maximum Gasteiger partial charge on any atom is 0.191 e. The lowest BCUT2D eigenvalue weighted by atomic mass is 10.0. The Kier molecular flexibility index (Phi) is 12.4. The molecule has 0 aliphatic carbocycles. The van der Waals surface area contributed by atoms with Gasteiger partial charge in [0.25, 0.3) is 0 Å². The Labute approximate surface area is 174 Å². The summed E-state index contributed by atoms with van der Waals surface area (Å²) < 4.78 is 16.7. The maximum atomic E-state index is 5.70. The van der Waals surface area contributed by atoms with Gasteiger partial charge < -0.3 is 24.8 Å². The van der Waals surface area contributed by atoms with Crippen LogP contribution in [0.1, 0.15) is 37.8 Å². The molecule has 0 saturated carbocycles. The molecule has 0 radical (unpaired) electrons. The van der Waals surface area contributed by atoms with Crippen molar-refractivity contribution < 1.29 is 14.2 Å². The van der Waals surface area contributed by atoms with Crippen LogP contribution in [0.2, 0.25) is 0 Å². The Balaban J connectivity index is 0.00000338. The molecular formula is C19H32IN3O3. The first kappa shape index (κ1) is 23.0. The Morgan fingerprint density at radius 1 is 1.19 bits per heavy atom. The minimum atomic E-state index is 0. The number of fused-ring (bicyclic) bond motifs is 1. The average molecular weight is 477 g/mol. The van der Waals surface area contributed by atoms with Crippen LogP contribution in [0.3, 0.4) is 0 Å². The summed E-state index contributed by atoms with van der Waals surface area (Å²) in [6, 6.07) is 8.35. The van der Waals surface area contributed by atoms with Gasteiger partial charge in [0.1, 0.15) is 5.75 Å². The van der Waals surface area contributed by atoms with Gasteiger partial charge in [-0.05, 0) is 12.5 Å². The Morgan fingerprint density at radius 2 is 1.96 bits per heavy atom. The molecule has 2 rings (SSSR count). The number of unbranched alkanes of at least 4 members (excludes halogenated alkanes) is 1. The number of hydrogen-bond donors (Lipinski definition) is 2. The van der Waals surface area contributed by atoms with Crippen molar-refractivity contribution in [1.82, 2.24) is 10.6 Å². The van der Waals surface area contributed by atoms with Crippen LogP contribution >= 0.6 is 24.0 Å². The lowest BCUT2D eigenvalue weighted by Gasteiger charge is -2.28. The van der Waals surface area contributed by atoms with Crippen molar-refractivity contribution in [3.05, 3.63) is 29.8 Å². The molecule has 1 aromatic carbocycles. The van der Waals surface area contributed by atoms with Crippen LogP contribution in [0, 0.1) is 0 Å². The first-order valence-electron chi connectivity index (χ1n) is 9.19. The molecule has 1 aliphatic rings. The van der Waals surface area contributed by atoms with E-state index in [4.69, 9.17) is 14.2 Å². The van der Waals surface area contributed by atoms with Gasteiger partial charge in [-0.15, -0.1) is 24.0 Å². The third-order valence-corrected chi connectivity index (χ3v) is 4.05. The van der Waals surface area contributed by atoms with Crippen molar-refractivity contribution in [2.45, 2.75) is 32.2 Å². The van der Waals surface area contributed by atoms with Crippen molar-refractivity contribution in [2.75, 3.05) is 46.6 Å². The lowest BCUT2D eigenvalue weighted by molar-refractivity contribution is 0.0487. The Hall–Kier alpha value is -1.06. The summed E-state index contributed by atoms with van der Waals surface area (Å²) in [5, 5.41) is 6.76. The van der Waals surface area contributed by atoms with Crippen molar-refractivity contribution in [1.29, 1.82) is 0 Å². The molecule has 0 bridgehead atoms. The highest BCUT2D eigenvalue weighted by atomic mass is 127. The summed E-state index contributed by atoms with van der Waals surface area (Å²) in [7, 11) is 1.78. The smallest absolute Gasteiger partial charge is 0.191 e. The summed E-state index contributed by atoms with van der Waals surface area (Å²) in [6.07, 6.45) is 3.19. The number of aliphatic imine (C=N–C) groups is 1. The third-order valence-electron chi connectivity index (χ3n) is 4.05. The van der Waals surface area contributed by atoms with E-state index in [0.717, 1.165) is 37.6 Å². The topological polar surface area (TPSA) is 64.1 Å². The van der Waals surface area contributed by atoms with Gasteiger partial charge in [0.05, 0.1) is 32.5 Å². The van der Waals surface area contributed by atoms with Gasteiger partial charge in [0.2, 0.25) is 0 Å². The van der Waals surface area contributed by atoms with Gasteiger partial charge in [-0.2, -0.15) is 0 Å². The zero-order chi connectivity index (χ0) is 17.7. The zero-order valence-electron chi connectivity index (χ0n) is 15.8. The van der Waals surface area contributed by atoms with Crippen LogP contribution in [0.4, 0.5) is 0 Å². The number of halogens is 1. The quantitative estimate of drug-likeness (QED) is 0.235. The molecule has 0 amide bonds. The lowest BCUT2D eigenvalue weighted by Crippen LogP contribution is -2.42. The fourth-order valence-corrected chi connectivity index (χ4v) is 2.66. The molecule has 1 heterocycles. The van der Waals surface area contributed by atoms with E-state index in [1.807, 2.05) is 18.2 Å². The first-order valence-corrected chi connectivity index (χ1v) is 9.19. The summed E-state index contributed by atoms with van der Waals surface area (Å²) in [6.45, 7) is 6.32. The molecule has 1 atom stereocenters. The van der Waals surface area contributed by atoms with Crippen LogP contribution < -0.4 is 15.4 Å². The molecule has 148 valence electrons. The summed E-state index contributed by atoms with van der Waals surface area (Å²) in [5.41, 5.74) is 1.18. The number of hydrogen-bond acceptors (Lipinski definition) is 4. The molecule has 0 fully saturated rings. The first-order chi connectivity index (χ1) is 12.3. The van der Waals surface area contributed by atoms with Gasteiger partial charge in [0.15, 0.2) is 5.96 Å². The maximum absolute atomic E-state index is 5.70. The highest BCUT2D eigenvalue weighted by Gasteiger charge is 2.21. The average Bonchev–Trinajstić information content (AvgIpc) is 2.66. The number of nitrogens with zero attached hydrogens (tertiary/aromatic N) is 1. The minimum Gasteiger partial charge on any atom is -0.493 e. The SMILES string of the molecule is CCCCOCCOCCNC(=NC)NC1CCOc2ccccc21.I.